The number of hydrogen-bond acceptors (Lipinski definition) is 9. The van der Waals surface area contributed by atoms with Gasteiger partial charge in [-0.2, -0.15) is 9.97 Å². The Hall–Kier alpha value is -1.83. The monoisotopic (exact) mass is 596 g/mol. The Morgan fingerprint density at radius 3 is 1.12 bits per heavy atom. The van der Waals surface area contributed by atoms with Crippen LogP contribution in [0.4, 0.5) is 5.95 Å². The van der Waals surface area contributed by atoms with Crippen LogP contribution in [0.2, 0.25) is 0 Å². The molecule has 0 unspecified atom stereocenters. The molecule has 12 heteroatoms. The fourth-order valence-corrected chi connectivity index (χ4v) is 7.91. The van der Waals surface area contributed by atoms with Gasteiger partial charge in [-0.3, -0.25) is 0 Å². The van der Waals surface area contributed by atoms with Gasteiger partial charge in [0, 0.05) is 31.7 Å². The Labute approximate surface area is 251 Å². The molecule has 0 atom stereocenters. The van der Waals surface area contributed by atoms with Crippen LogP contribution >= 0.6 is 0 Å². The topological polar surface area (TPSA) is 148 Å². The highest BCUT2D eigenvalue weighted by Gasteiger charge is 2.52. The van der Waals surface area contributed by atoms with Crippen molar-refractivity contribution >= 4 is 5.95 Å². The molecule has 3 aliphatic heterocycles. The van der Waals surface area contributed by atoms with E-state index in [0.717, 1.165) is 12.8 Å². The van der Waals surface area contributed by atoms with Crippen molar-refractivity contribution < 1.29 is 25.1 Å². The number of hydrogen-bond donors (Lipinski definition) is 1. The van der Waals surface area contributed by atoms with E-state index in [9.17, 15) is 0 Å². The van der Waals surface area contributed by atoms with Gasteiger partial charge in [0.1, 0.15) is 12.2 Å². The lowest BCUT2D eigenvalue weighted by Gasteiger charge is -2.48. The molecule has 0 aromatic carbocycles. The molecule has 4 heterocycles. The summed E-state index contributed by atoms with van der Waals surface area (Å²) < 4.78 is 12.9. The molecule has 1 aromatic heterocycles. The van der Waals surface area contributed by atoms with Gasteiger partial charge in [0.05, 0.1) is 33.2 Å². The molecule has 0 saturated carbocycles. The van der Waals surface area contributed by atoms with Gasteiger partial charge < -0.3 is 30.4 Å². The van der Waals surface area contributed by atoms with Crippen LogP contribution in [-0.2, 0) is 0 Å². The molecule has 3 saturated heterocycles. The van der Waals surface area contributed by atoms with Gasteiger partial charge in [0.2, 0.25) is 5.95 Å². The Morgan fingerprint density at radius 2 is 0.810 bits per heavy atom. The second-order valence-electron chi connectivity index (χ2n) is 16.7. The summed E-state index contributed by atoms with van der Waals surface area (Å²) >= 11 is 0. The number of aromatic nitrogens is 3. The molecular formula is C30H58N7O5+3. The molecule has 0 bridgehead atoms. The number of nitrogens with zero attached hydrogens (tertiary/aromatic N) is 6. The number of hydroxylamine groups is 6. The third-order valence-electron chi connectivity index (χ3n) is 9.50. The summed E-state index contributed by atoms with van der Waals surface area (Å²) in [6.45, 7) is 24.9. The lowest BCUT2D eigenvalue weighted by Crippen LogP contribution is -2.61. The minimum absolute atomic E-state index is 0.0496. The maximum absolute atomic E-state index is 8.65. The van der Waals surface area contributed by atoms with Gasteiger partial charge in [0.25, 0.3) is 0 Å². The second-order valence-corrected chi connectivity index (χ2v) is 16.7. The predicted octanol–water partition coefficient (Wildman–Crippen LogP) is 3.02. The van der Waals surface area contributed by atoms with Crippen molar-refractivity contribution in [3.05, 3.63) is 0 Å². The Bertz CT molecular complexity index is 935. The van der Waals surface area contributed by atoms with Crippen LogP contribution in [0.5, 0.6) is 12.0 Å². The molecule has 12 nitrogen and oxygen atoms in total. The van der Waals surface area contributed by atoms with Crippen LogP contribution in [-0.4, -0.2) is 97.2 Å². The van der Waals surface area contributed by atoms with E-state index in [1.165, 1.54) is 0 Å². The van der Waals surface area contributed by atoms with Gasteiger partial charge in [-0.15, -0.1) is 4.98 Å². The number of anilines is 1. The van der Waals surface area contributed by atoms with Gasteiger partial charge in [-0.1, -0.05) is 15.2 Å². The fraction of sp³-hybridized carbons (Fsp3) is 0.900. The molecule has 0 radical (unpaired) electrons. The highest BCUT2D eigenvalue weighted by atomic mass is 16.5. The molecule has 3 fully saturated rings. The maximum Gasteiger partial charge on any atom is 0.324 e. The lowest BCUT2D eigenvalue weighted by atomic mass is 9.79. The van der Waals surface area contributed by atoms with Gasteiger partial charge in [-0.05, 0) is 95.9 Å². The maximum atomic E-state index is 8.65. The first-order valence-corrected chi connectivity index (χ1v) is 15.3. The standard InChI is InChI=1S/C30H55N7O5/c1-25(2)13-19(14-26(3,4)35(25)38)31-22-32-23(41-20-15-27(5,6)36(39)28(7,8)16-20)34-24(33-22)42-21-17-29(9,10)37(40)30(11,12)18-21/h19-21,38-40H,13-18H2,1-12H3,(H,31,32,33,34)/p+3. The van der Waals surface area contributed by atoms with Crippen molar-refractivity contribution in [2.75, 3.05) is 5.32 Å². The van der Waals surface area contributed by atoms with Gasteiger partial charge in [0.15, 0.2) is 0 Å². The third-order valence-corrected chi connectivity index (χ3v) is 9.50. The van der Waals surface area contributed by atoms with E-state index in [-0.39, 0.29) is 63.5 Å². The summed E-state index contributed by atoms with van der Waals surface area (Å²) in [5.41, 5.74) is -2.14. The summed E-state index contributed by atoms with van der Waals surface area (Å²) in [4.78, 5) is 14.1. The zero-order chi connectivity index (χ0) is 31.7. The van der Waals surface area contributed by atoms with E-state index in [1.54, 1.807) is 15.2 Å². The highest BCUT2D eigenvalue weighted by molar-refractivity contribution is 5.30. The molecule has 240 valence electrons. The summed E-state index contributed by atoms with van der Waals surface area (Å²) in [5.74, 6) is 0.401. The Kier molecular flexibility index (Phi) is 8.39. The van der Waals surface area contributed by atoms with Crippen LogP contribution in [0.1, 0.15) is 122 Å². The number of ether oxygens (including phenoxy) is 2. The summed E-state index contributed by atoms with van der Waals surface area (Å²) in [6, 6.07) is 0.476. The van der Waals surface area contributed by atoms with Crippen LogP contribution in [0.15, 0.2) is 0 Å². The Morgan fingerprint density at radius 1 is 0.524 bits per heavy atom. The summed E-state index contributed by atoms with van der Waals surface area (Å²) in [6.07, 6.45) is 3.83. The van der Waals surface area contributed by atoms with Crippen molar-refractivity contribution in [2.45, 2.75) is 173 Å². The highest BCUT2D eigenvalue weighted by Crippen LogP contribution is 2.41. The van der Waals surface area contributed by atoms with Crippen LogP contribution < -0.4 is 14.8 Å². The lowest BCUT2D eigenvalue weighted by molar-refractivity contribution is -0.255. The van der Waals surface area contributed by atoms with Crippen molar-refractivity contribution in [2.24, 2.45) is 0 Å². The van der Waals surface area contributed by atoms with Crippen molar-refractivity contribution in [1.29, 1.82) is 0 Å². The third kappa shape index (κ3) is 6.78. The average Bonchev–Trinajstić information content (AvgIpc) is 2.78. The van der Waals surface area contributed by atoms with Crippen molar-refractivity contribution in [3.8, 4) is 12.0 Å². The zero-order valence-electron chi connectivity index (χ0n) is 28.0. The smallest absolute Gasteiger partial charge is 0.324 e. The van der Waals surface area contributed by atoms with Crippen LogP contribution in [0, 0.1) is 0 Å². The van der Waals surface area contributed by atoms with E-state index in [0.29, 0.717) is 31.6 Å². The molecule has 0 aliphatic carbocycles. The van der Waals surface area contributed by atoms with E-state index >= 15 is 0 Å². The quantitative estimate of drug-likeness (QED) is 0.489. The fourth-order valence-electron chi connectivity index (χ4n) is 7.91. The summed E-state index contributed by atoms with van der Waals surface area (Å²) in [7, 11) is 0. The first-order valence-electron chi connectivity index (χ1n) is 15.3. The number of rotatable bonds is 6. The number of nitrogens with one attached hydrogen (secondary N) is 1. The normalized spacial score (nSPS) is 28.4. The van der Waals surface area contributed by atoms with Crippen molar-refractivity contribution in [1.82, 2.24) is 30.1 Å². The Balaban J connectivity index is 1.63. The average molecular weight is 597 g/mol. The minimum Gasteiger partial charge on any atom is -0.460 e. The van der Waals surface area contributed by atoms with Gasteiger partial charge >= 0.3 is 12.0 Å². The van der Waals surface area contributed by atoms with Crippen molar-refractivity contribution in [3.63, 3.8) is 0 Å². The first-order chi connectivity index (χ1) is 18.9. The SMILES string of the molecule is CC1(C)CC(Nc2nc(OC3CC(C)(C)N([OH2+])C(C)(C)C3)nc(OC3CC(C)(C)N([OH2+])C(C)(C)C3)n2)CC(C)(C)N1[OH2+]. The molecule has 1 aromatic rings. The van der Waals surface area contributed by atoms with Crippen LogP contribution in [0.25, 0.3) is 0 Å². The van der Waals surface area contributed by atoms with E-state index < -0.39 is 0 Å². The number of piperidine rings is 3. The molecular weight excluding hydrogens is 538 g/mol. The second kappa shape index (κ2) is 10.7. The summed E-state index contributed by atoms with van der Waals surface area (Å²) in [5, 5.41) is 34.5. The zero-order valence-corrected chi connectivity index (χ0v) is 28.0. The van der Waals surface area contributed by atoms with E-state index in [2.05, 4.69) is 93.4 Å². The van der Waals surface area contributed by atoms with E-state index in [1.807, 2.05) is 0 Å². The molecule has 4 rings (SSSR count). The van der Waals surface area contributed by atoms with Crippen LogP contribution in [0.3, 0.4) is 0 Å². The molecule has 0 amide bonds. The van der Waals surface area contributed by atoms with E-state index in [4.69, 9.17) is 35.1 Å². The van der Waals surface area contributed by atoms with Gasteiger partial charge in [-0.25, -0.2) is 0 Å². The largest absolute Gasteiger partial charge is 0.460 e. The first kappa shape index (κ1) is 33.1. The predicted molar refractivity (Wildman–Crippen MR) is 165 cm³/mol. The molecule has 3 aliphatic rings. The minimum atomic E-state index is -0.372. The molecule has 7 N–H and O–H groups in total. The molecule has 42 heavy (non-hydrogen) atoms. The molecule has 0 spiro atoms.